The van der Waals surface area contributed by atoms with Gasteiger partial charge in [0.15, 0.2) is 0 Å². The van der Waals surface area contributed by atoms with E-state index in [1.807, 2.05) is 12.1 Å². The summed E-state index contributed by atoms with van der Waals surface area (Å²) in [6.07, 6.45) is 10.2. The van der Waals surface area contributed by atoms with Gasteiger partial charge in [-0.2, -0.15) is 0 Å². The molecule has 0 fully saturated rings. The monoisotopic (exact) mass is 334 g/mol. The number of hydrogen-bond donors (Lipinski definition) is 4. The van der Waals surface area contributed by atoms with Gasteiger partial charge in [0.1, 0.15) is 0 Å². The van der Waals surface area contributed by atoms with Gasteiger partial charge in [0, 0.05) is 0 Å². The third-order valence-corrected chi connectivity index (χ3v) is 4.53. The van der Waals surface area contributed by atoms with Crippen LogP contribution in [-0.4, -0.2) is 34.3 Å². The molecule has 1 aromatic carbocycles. The molecule has 4 N–H and O–H groups in total. The molecule has 0 spiro atoms. The van der Waals surface area contributed by atoms with E-state index in [-0.39, 0.29) is 0 Å². The predicted molar refractivity (Wildman–Crippen MR) is 102 cm³/mol. The van der Waals surface area contributed by atoms with Gasteiger partial charge in [0.05, 0.1) is 0 Å². The van der Waals surface area contributed by atoms with Crippen molar-refractivity contribution in [1.82, 2.24) is 0 Å². The standard InChI is InChI=1S/C18H32B2O4/c1-3-5-7-9-11-15-13-17(19(21)22)16(12-10-8-6-4-2)18(14-15)20(23)24/h13-14,21-24H,3-12H2,1-2H3. The van der Waals surface area contributed by atoms with Crippen molar-refractivity contribution < 1.29 is 20.1 Å². The van der Waals surface area contributed by atoms with E-state index in [2.05, 4.69) is 13.8 Å². The Bertz CT molecular complexity index is 449. The number of aryl methyl sites for hydroxylation is 1. The molecule has 0 aliphatic rings. The maximum Gasteiger partial charge on any atom is 0.488 e. The van der Waals surface area contributed by atoms with Crippen molar-refractivity contribution in [3.05, 3.63) is 23.3 Å². The molecule has 0 atom stereocenters. The van der Waals surface area contributed by atoms with Crippen LogP contribution in [-0.2, 0) is 12.8 Å². The van der Waals surface area contributed by atoms with E-state index in [0.717, 1.165) is 56.9 Å². The first-order valence-corrected chi connectivity index (χ1v) is 9.39. The van der Waals surface area contributed by atoms with E-state index >= 15 is 0 Å². The van der Waals surface area contributed by atoms with Gasteiger partial charge in [-0.25, -0.2) is 0 Å². The van der Waals surface area contributed by atoms with E-state index in [0.29, 0.717) is 22.9 Å². The summed E-state index contributed by atoms with van der Waals surface area (Å²) in [5.41, 5.74) is 2.45. The van der Waals surface area contributed by atoms with Gasteiger partial charge in [0.25, 0.3) is 0 Å². The van der Waals surface area contributed by atoms with E-state index in [9.17, 15) is 20.1 Å². The lowest BCUT2D eigenvalue weighted by Crippen LogP contribution is -2.43. The van der Waals surface area contributed by atoms with E-state index < -0.39 is 14.2 Å². The summed E-state index contributed by atoms with van der Waals surface area (Å²) in [5.74, 6) is 0. The first-order valence-electron chi connectivity index (χ1n) is 9.39. The Morgan fingerprint density at radius 1 is 0.667 bits per heavy atom. The molecular formula is C18H32B2O4. The predicted octanol–water partition coefficient (Wildman–Crippen LogP) is 1.29. The fourth-order valence-electron chi connectivity index (χ4n) is 3.16. The van der Waals surface area contributed by atoms with Crippen LogP contribution in [0, 0.1) is 0 Å². The van der Waals surface area contributed by atoms with Gasteiger partial charge in [-0.1, -0.05) is 64.5 Å². The Labute approximate surface area is 147 Å². The highest BCUT2D eigenvalue weighted by Crippen LogP contribution is 2.11. The van der Waals surface area contributed by atoms with E-state index in [1.54, 1.807) is 0 Å². The summed E-state index contributed by atoms with van der Waals surface area (Å²) in [4.78, 5) is 0. The van der Waals surface area contributed by atoms with Crippen molar-refractivity contribution >= 4 is 25.2 Å². The fraction of sp³-hybridized carbons (Fsp3) is 0.667. The van der Waals surface area contributed by atoms with Gasteiger partial charge in [-0.05, 0) is 47.7 Å². The number of hydrogen-bond acceptors (Lipinski definition) is 4. The molecule has 134 valence electrons. The average molecular weight is 334 g/mol. The molecule has 0 aromatic heterocycles. The minimum Gasteiger partial charge on any atom is -0.423 e. The summed E-state index contributed by atoms with van der Waals surface area (Å²) >= 11 is 0. The van der Waals surface area contributed by atoms with Crippen LogP contribution in [0.15, 0.2) is 12.1 Å². The highest BCUT2D eigenvalue weighted by atomic mass is 16.4. The van der Waals surface area contributed by atoms with Crippen LogP contribution in [0.5, 0.6) is 0 Å². The van der Waals surface area contributed by atoms with Crippen molar-refractivity contribution in [2.24, 2.45) is 0 Å². The zero-order valence-corrected chi connectivity index (χ0v) is 15.2. The lowest BCUT2D eigenvalue weighted by molar-refractivity contribution is 0.424. The molecule has 0 aliphatic carbocycles. The highest BCUT2D eigenvalue weighted by Gasteiger charge is 2.24. The zero-order chi connectivity index (χ0) is 17.9. The Kier molecular flexibility index (Phi) is 10.3. The fourth-order valence-corrected chi connectivity index (χ4v) is 3.16. The minimum atomic E-state index is -1.58. The first-order chi connectivity index (χ1) is 11.5. The Morgan fingerprint density at radius 2 is 1.12 bits per heavy atom. The van der Waals surface area contributed by atoms with Gasteiger partial charge in [0.2, 0.25) is 0 Å². The molecule has 24 heavy (non-hydrogen) atoms. The molecular weight excluding hydrogens is 302 g/mol. The summed E-state index contributed by atoms with van der Waals surface area (Å²) in [6.45, 7) is 4.30. The number of benzene rings is 1. The second-order valence-corrected chi connectivity index (χ2v) is 6.62. The maximum atomic E-state index is 9.74. The summed E-state index contributed by atoms with van der Waals surface area (Å²) in [5, 5.41) is 39.0. The summed E-state index contributed by atoms with van der Waals surface area (Å²) in [6, 6.07) is 3.63. The van der Waals surface area contributed by atoms with Crippen molar-refractivity contribution in [2.75, 3.05) is 0 Å². The molecule has 0 unspecified atom stereocenters. The van der Waals surface area contributed by atoms with Crippen molar-refractivity contribution in [1.29, 1.82) is 0 Å². The van der Waals surface area contributed by atoms with E-state index in [1.165, 1.54) is 6.42 Å². The molecule has 0 amide bonds. The second-order valence-electron chi connectivity index (χ2n) is 6.62. The van der Waals surface area contributed by atoms with Gasteiger partial charge in [-0.3, -0.25) is 0 Å². The van der Waals surface area contributed by atoms with Crippen LogP contribution in [0.4, 0.5) is 0 Å². The van der Waals surface area contributed by atoms with Gasteiger partial charge >= 0.3 is 14.2 Å². The summed E-state index contributed by atoms with van der Waals surface area (Å²) < 4.78 is 0. The van der Waals surface area contributed by atoms with Crippen molar-refractivity contribution in [3.8, 4) is 0 Å². The quantitative estimate of drug-likeness (QED) is 0.343. The largest absolute Gasteiger partial charge is 0.488 e. The van der Waals surface area contributed by atoms with Crippen LogP contribution in [0.2, 0.25) is 0 Å². The average Bonchev–Trinajstić information content (AvgIpc) is 2.55. The Balaban J connectivity index is 2.97. The van der Waals surface area contributed by atoms with Crippen LogP contribution in [0.1, 0.15) is 76.3 Å². The summed E-state index contributed by atoms with van der Waals surface area (Å²) in [7, 11) is -3.17. The van der Waals surface area contributed by atoms with E-state index in [4.69, 9.17) is 0 Å². The zero-order valence-electron chi connectivity index (χ0n) is 15.2. The highest BCUT2D eigenvalue weighted by molar-refractivity contribution is 6.63. The molecule has 4 nitrogen and oxygen atoms in total. The molecule has 0 heterocycles. The topological polar surface area (TPSA) is 80.9 Å². The maximum absolute atomic E-state index is 9.74. The van der Waals surface area contributed by atoms with Crippen LogP contribution < -0.4 is 10.9 Å². The molecule has 0 aliphatic heterocycles. The first kappa shape index (κ1) is 21.2. The molecule has 0 radical (unpaired) electrons. The number of unbranched alkanes of at least 4 members (excludes halogenated alkanes) is 6. The Hall–Kier alpha value is -0.810. The van der Waals surface area contributed by atoms with Crippen LogP contribution in [0.3, 0.4) is 0 Å². The molecule has 1 aromatic rings. The molecule has 0 saturated heterocycles. The number of rotatable bonds is 12. The van der Waals surface area contributed by atoms with Crippen LogP contribution >= 0.6 is 0 Å². The second kappa shape index (κ2) is 11.7. The van der Waals surface area contributed by atoms with Gasteiger partial charge < -0.3 is 20.1 Å². The smallest absolute Gasteiger partial charge is 0.423 e. The molecule has 1 rings (SSSR count). The SMILES string of the molecule is CCCCCCc1cc(B(O)O)c(CCCCCC)c(B(O)O)c1. The van der Waals surface area contributed by atoms with Crippen molar-refractivity contribution in [2.45, 2.75) is 78.1 Å². The Morgan fingerprint density at radius 3 is 1.54 bits per heavy atom. The third kappa shape index (κ3) is 6.98. The van der Waals surface area contributed by atoms with Crippen molar-refractivity contribution in [3.63, 3.8) is 0 Å². The minimum absolute atomic E-state index is 0.419. The molecule has 6 heteroatoms. The molecule has 0 bridgehead atoms. The lowest BCUT2D eigenvalue weighted by Gasteiger charge is -2.17. The third-order valence-electron chi connectivity index (χ3n) is 4.53. The van der Waals surface area contributed by atoms with Crippen LogP contribution in [0.25, 0.3) is 0 Å². The lowest BCUT2D eigenvalue weighted by atomic mass is 9.66. The molecule has 0 saturated carbocycles. The van der Waals surface area contributed by atoms with Gasteiger partial charge in [-0.15, -0.1) is 0 Å². The normalized spacial score (nSPS) is 10.9.